The van der Waals surface area contributed by atoms with E-state index in [1.54, 1.807) is 35.6 Å². The molecule has 10 heteroatoms. The Morgan fingerprint density at radius 3 is 2.12 bits per heavy atom. The maximum Gasteiger partial charge on any atom is 0.348 e. The topological polar surface area (TPSA) is 72.9 Å². The zero-order valence-corrected chi connectivity index (χ0v) is 26.3. The number of imide groups is 1. The molecule has 2 amide bonds. The van der Waals surface area contributed by atoms with Gasteiger partial charge in [0.05, 0.1) is 33.7 Å². The number of hydrogen-bond acceptors (Lipinski definition) is 6. The second-order valence-corrected chi connectivity index (χ2v) is 12.7. The molecule has 2 heterocycles. The zero-order valence-electron chi connectivity index (χ0n) is 20.7. The Hall–Kier alpha value is -3.05. The molecule has 40 heavy (non-hydrogen) atoms. The lowest BCUT2D eigenvalue weighted by atomic mass is 9.99. The number of methoxy groups -OCH3 is 1. The second kappa shape index (κ2) is 10.7. The van der Waals surface area contributed by atoms with Gasteiger partial charge >= 0.3 is 5.97 Å². The lowest BCUT2D eigenvalue weighted by Gasteiger charge is -2.23. The maximum absolute atomic E-state index is 12.9. The summed E-state index contributed by atoms with van der Waals surface area (Å²) < 4.78 is 15.6. The van der Waals surface area contributed by atoms with Crippen LogP contribution in [0.4, 0.5) is 0 Å². The Kier molecular flexibility index (Phi) is 7.28. The minimum Gasteiger partial charge on any atom is -0.474 e. The van der Waals surface area contributed by atoms with Crippen molar-refractivity contribution in [3.05, 3.63) is 97.3 Å². The van der Waals surface area contributed by atoms with E-state index in [-0.39, 0.29) is 6.54 Å². The van der Waals surface area contributed by atoms with Gasteiger partial charge in [0.25, 0.3) is 11.8 Å². The molecule has 1 aromatic heterocycles. The molecule has 5 aromatic rings. The Labute approximate surface area is 258 Å². The van der Waals surface area contributed by atoms with Crippen LogP contribution in [0.25, 0.3) is 31.3 Å². The molecule has 0 bridgehead atoms. The van der Waals surface area contributed by atoms with Gasteiger partial charge in [-0.2, -0.15) is 0 Å². The van der Waals surface area contributed by atoms with Crippen LogP contribution in [0.5, 0.6) is 5.75 Å². The molecular formula is C30H18Br3NO5S. The highest BCUT2D eigenvalue weighted by Crippen LogP contribution is 2.46. The van der Waals surface area contributed by atoms with Crippen LogP contribution in [0.15, 0.2) is 86.2 Å². The summed E-state index contributed by atoms with van der Waals surface area (Å²) in [6.07, 6.45) is -1.25. The van der Waals surface area contributed by atoms with Crippen molar-refractivity contribution in [3.8, 4) is 16.9 Å². The fourth-order valence-corrected chi connectivity index (χ4v) is 7.94. The molecule has 4 aromatic carbocycles. The summed E-state index contributed by atoms with van der Waals surface area (Å²) >= 11 is 12.7. The quantitative estimate of drug-likeness (QED) is 0.130. The van der Waals surface area contributed by atoms with E-state index >= 15 is 0 Å². The second-order valence-electron chi connectivity index (χ2n) is 9.06. The molecule has 0 saturated heterocycles. The molecular weight excluding hydrogens is 726 g/mol. The molecule has 6 rings (SSSR count). The van der Waals surface area contributed by atoms with Crippen molar-refractivity contribution in [2.45, 2.75) is 6.10 Å². The van der Waals surface area contributed by atoms with E-state index in [4.69, 9.17) is 9.47 Å². The number of fused-ring (bicyclic) bond motifs is 4. The van der Waals surface area contributed by atoms with E-state index in [0.717, 1.165) is 31.3 Å². The van der Waals surface area contributed by atoms with E-state index in [0.29, 0.717) is 25.8 Å². The average molecular weight is 744 g/mol. The molecule has 0 radical (unpaired) electrons. The number of halogens is 3. The van der Waals surface area contributed by atoms with E-state index < -0.39 is 23.9 Å². The number of benzene rings is 4. The van der Waals surface area contributed by atoms with Gasteiger partial charge in [0.2, 0.25) is 6.10 Å². The Bertz CT molecular complexity index is 1810. The van der Waals surface area contributed by atoms with Gasteiger partial charge in [-0.3, -0.25) is 14.5 Å². The first kappa shape index (κ1) is 27.1. The summed E-state index contributed by atoms with van der Waals surface area (Å²) in [5.74, 6) is -1.33. The maximum atomic E-state index is 12.9. The first-order chi connectivity index (χ1) is 19.3. The predicted molar refractivity (Wildman–Crippen MR) is 166 cm³/mol. The summed E-state index contributed by atoms with van der Waals surface area (Å²) in [5, 5.41) is 2.30. The minimum atomic E-state index is -1.25. The summed E-state index contributed by atoms with van der Waals surface area (Å²) in [4.78, 5) is 39.6. The molecule has 6 nitrogen and oxygen atoms in total. The number of thiophene rings is 1. The summed E-state index contributed by atoms with van der Waals surface area (Å²) in [6, 6.07) is 22.8. The van der Waals surface area contributed by atoms with E-state index in [9.17, 15) is 14.4 Å². The van der Waals surface area contributed by atoms with Crippen LogP contribution in [0.1, 0.15) is 20.7 Å². The number of ether oxygens (including phenoxy) is 2. The standard InChI is InChI=1S/C30H18Br3NO5S/c1-38-30(37)22(14-34-28(35)16-6-2-3-7-17(16)29(34)36)39-27-20(32)12-15(13-21(27)33)25-19(31)10-11-24-26(25)18-8-4-5-9-23(18)40-24/h2-13,22H,14H2,1H3. The summed E-state index contributed by atoms with van der Waals surface area (Å²) in [5.41, 5.74) is 2.53. The van der Waals surface area contributed by atoms with Gasteiger partial charge in [-0.25, -0.2) is 4.79 Å². The van der Waals surface area contributed by atoms with Gasteiger partial charge in [0, 0.05) is 30.2 Å². The van der Waals surface area contributed by atoms with E-state index in [1.165, 1.54) is 16.5 Å². The molecule has 1 aliphatic heterocycles. The van der Waals surface area contributed by atoms with Crippen LogP contribution >= 0.6 is 59.1 Å². The highest BCUT2D eigenvalue weighted by Gasteiger charge is 2.39. The summed E-state index contributed by atoms with van der Waals surface area (Å²) in [6.45, 7) is -0.300. The first-order valence-corrected chi connectivity index (χ1v) is 15.3. The van der Waals surface area contributed by atoms with Crippen LogP contribution in [0.3, 0.4) is 0 Å². The third kappa shape index (κ3) is 4.56. The first-order valence-electron chi connectivity index (χ1n) is 12.1. The largest absolute Gasteiger partial charge is 0.474 e. The van der Waals surface area contributed by atoms with E-state index in [1.807, 2.05) is 30.3 Å². The van der Waals surface area contributed by atoms with Gasteiger partial charge in [-0.1, -0.05) is 46.3 Å². The van der Waals surface area contributed by atoms with Crippen molar-refractivity contribution in [3.63, 3.8) is 0 Å². The van der Waals surface area contributed by atoms with E-state index in [2.05, 4.69) is 66.0 Å². The Morgan fingerprint density at radius 2 is 1.48 bits per heavy atom. The number of carbonyl (C=O) groups excluding carboxylic acids is 3. The lowest BCUT2D eigenvalue weighted by Crippen LogP contribution is -2.43. The summed E-state index contributed by atoms with van der Waals surface area (Å²) in [7, 11) is 1.23. The molecule has 1 atom stereocenters. The molecule has 200 valence electrons. The Balaban J connectivity index is 1.37. The third-order valence-electron chi connectivity index (χ3n) is 6.73. The van der Waals surface area contributed by atoms with Gasteiger partial charge in [-0.15, -0.1) is 11.3 Å². The Morgan fingerprint density at radius 1 is 0.850 bits per heavy atom. The highest BCUT2D eigenvalue weighted by molar-refractivity contribution is 9.11. The van der Waals surface area contributed by atoms with Crippen molar-refractivity contribution in [2.24, 2.45) is 0 Å². The van der Waals surface area contributed by atoms with Crippen LogP contribution in [0, 0.1) is 0 Å². The van der Waals surface area contributed by atoms with Crippen molar-refractivity contribution in [2.75, 3.05) is 13.7 Å². The molecule has 0 fully saturated rings. The average Bonchev–Trinajstić information content (AvgIpc) is 3.44. The van der Waals surface area contributed by atoms with Gasteiger partial charge in [-0.05, 0) is 79.9 Å². The van der Waals surface area contributed by atoms with Gasteiger partial charge in [0.1, 0.15) is 5.75 Å². The molecule has 0 N–H and O–H groups in total. The fraction of sp³-hybridized carbons (Fsp3) is 0.100. The van der Waals surface area contributed by atoms with Crippen molar-refractivity contribution < 1.29 is 23.9 Å². The predicted octanol–water partition coefficient (Wildman–Crippen LogP) is 8.23. The zero-order chi connectivity index (χ0) is 28.1. The number of esters is 1. The molecule has 0 saturated carbocycles. The molecule has 1 aliphatic rings. The van der Waals surface area contributed by atoms with Gasteiger partial charge in [0.15, 0.2) is 0 Å². The SMILES string of the molecule is COC(=O)C(CN1C(=O)c2ccccc2C1=O)Oc1c(Br)cc(-c2c(Br)ccc3sc4ccccc4c23)cc1Br. The number of amides is 2. The number of carbonyl (C=O) groups is 3. The van der Waals surface area contributed by atoms with Crippen LogP contribution in [0.2, 0.25) is 0 Å². The monoisotopic (exact) mass is 741 g/mol. The number of hydrogen-bond donors (Lipinski definition) is 0. The number of nitrogens with zero attached hydrogens (tertiary/aromatic N) is 1. The van der Waals surface area contributed by atoms with Crippen LogP contribution in [-0.4, -0.2) is 42.4 Å². The normalized spacial score (nSPS) is 13.7. The fourth-order valence-electron chi connectivity index (χ4n) is 4.89. The lowest BCUT2D eigenvalue weighted by molar-refractivity contribution is -0.149. The molecule has 0 spiro atoms. The highest BCUT2D eigenvalue weighted by atomic mass is 79.9. The van der Waals surface area contributed by atoms with Crippen molar-refractivity contribution >= 4 is 97.1 Å². The number of rotatable bonds is 6. The minimum absolute atomic E-state index is 0.295. The molecule has 0 aliphatic carbocycles. The van der Waals surface area contributed by atoms with Crippen LogP contribution in [-0.2, 0) is 9.53 Å². The van der Waals surface area contributed by atoms with Crippen molar-refractivity contribution in [1.29, 1.82) is 0 Å². The van der Waals surface area contributed by atoms with Crippen LogP contribution < -0.4 is 4.74 Å². The van der Waals surface area contributed by atoms with Crippen molar-refractivity contribution in [1.82, 2.24) is 4.90 Å². The smallest absolute Gasteiger partial charge is 0.348 e. The third-order valence-corrected chi connectivity index (χ3v) is 9.71. The van der Waals surface area contributed by atoms with Gasteiger partial charge < -0.3 is 9.47 Å². The molecule has 1 unspecified atom stereocenters.